The first-order valence-corrected chi connectivity index (χ1v) is 11.4. The number of benzene rings is 2. The minimum Gasteiger partial charge on any atom is -0.497 e. The van der Waals surface area contributed by atoms with Crippen molar-refractivity contribution >= 4 is 11.8 Å². The van der Waals surface area contributed by atoms with Crippen molar-refractivity contribution in [2.24, 2.45) is 0 Å². The first-order chi connectivity index (χ1) is 15.2. The number of hydrogen-bond donors (Lipinski definition) is 1. The first-order valence-electron chi connectivity index (χ1n) is 11.4. The molecule has 5 heteroatoms. The molecule has 1 N–H and O–H groups in total. The molecule has 0 saturated heterocycles. The van der Waals surface area contributed by atoms with E-state index in [1.165, 1.54) is 5.56 Å². The van der Waals surface area contributed by atoms with Crippen LogP contribution in [0.25, 0.3) is 0 Å². The molecule has 0 heterocycles. The standard InChI is InChI=1S/C27H38N2O3/c1-7-18-28-26(31)20(2)29(19-22-10-15-24(32-6)16-11-22)25(30)17-12-21-8-13-23(14-9-21)27(3,4)5/h8-11,13-16,20H,7,12,17-19H2,1-6H3,(H,28,31)/t20-/m1/s1. The minimum absolute atomic E-state index is 0.0279. The van der Waals surface area contributed by atoms with Gasteiger partial charge < -0.3 is 15.0 Å². The highest BCUT2D eigenvalue weighted by molar-refractivity contribution is 5.87. The summed E-state index contributed by atoms with van der Waals surface area (Å²) in [6.45, 7) is 11.4. The van der Waals surface area contributed by atoms with Crippen molar-refractivity contribution in [2.75, 3.05) is 13.7 Å². The summed E-state index contributed by atoms with van der Waals surface area (Å²) in [6, 6.07) is 15.5. The molecule has 0 fully saturated rings. The van der Waals surface area contributed by atoms with Gasteiger partial charge in [0.2, 0.25) is 11.8 Å². The topological polar surface area (TPSA) is 58.6 Å². The average molecular weight is 439 g/mol. The van der Waals surface area contributed by atoms with Crippen LogP contribution in [0.3, 0.4) is 0 Å². The number of hydrogen-bond acceptors (Lipinski definition) is 3. The highest BCUT2D eigenvalue weighted by Gasteiger charge is 2.25. The van der Waals surface area contributed by atoms with Crippen LogP contribution in [0, 0.1) is 0 Å². The van der Waals surface area contributed by atoms with Gasteiger partial charge >= 0.3 is 0 Å². The number of carbonyl (C=O) groups excluding carboxylic acids is 2. The minimum atomic E-state index is -0.542. The quantitative estimate of drug-likeness (QED) is 0.576. The van der Waals surface area contributed by atoms with Gasteiger partial charge in [0.25, 0.3) is 0 Å². The van der Waals surface area contributed by atoms with E-state index in [1.807, 2.05) is 31.2 Å². The summed E-state index contributed by atoms with van der Waals surface area (Å²) >= 11 is 0. The van der Waals surface area contributed by atoms with Crippen molar-refractivity contribution in [2.45, 2.75) is 71.9 Å². The molecule has 0 radical (unpaired) electrons. The molecule has 1 atom stereocenters. The van der Waals surface area contributed by atoms with E-state index in [0.717, 1.165) is 23.3 Å². The Balaban J connectivity index is 2.12. The number of amides is 2. The molecule has 2 amide bonds. The Kier molecular flexibility index (Phi) is 9.30. The van der Waals surface area contributed by atoms with Crippen molar-refractivity contribution in [3.8, 4) is 5.75 Å². The van der Waals surface area contributed by atoms with Gasteiger partial charge in [-0.25, -0.2) is 0 Å². The first kappa shape index (κ1) is 25.4. The van der Waals surface area contributed by atoms with Gasteiger partial charge in [-0.05, 0) is 54.0 Å². The SMILES string of the molecule is CCCNC(=O)[C@@H](C)N(Cc1ccc(OC)cc1)C(=O)CCc1ccc(C(C)(C)C)cc1. The van der Waals surface area contributed by atoms with E-state index >= 15 is 0 Å². The molecule has 0 aliphatic rings. The highest BCUT2D eigenvalue weighted by atomic mass is 16.5. The summed E-state index contributed by atoms with van der Waals surface area (Å²) < 4.78 is 5.22. The summed E-state index contributed by atoms with van der Waals surface area (Å²) in [5.41, 5.74) is 3.46. The van der Waals surface area contributed by atoms with Crippen LogP contribution in [0.1, 0.15) is 64.2 Å². The van der Waals surface area contributed by atoms with Crippen LogP contribution in [0.2, 0.25) is 0 Å². The zero-order valence-corrected chi connectivity index (χ0v) is 20.4. The van der Waals surface area contributed by atoms with Crippen LogP contribution in [-0.2, 0) is 28.0 Å². The predicted molar refractivity (Wildman–Crippen MR) is 130 cm³/mol. The maximum absolute atomic E-state index is 13.2. The third-order valence-corrected chi connectivity index (χ3v) is 5.68. The third-order valence-electron chi connectivity index (χ3n) is 5.68. The van der Waals surface area contributed by atoms with E-state index in [0.29, 0.717) is 25.9 Å². The average Bonchev–Trinajstić information content (AvgIpc) is 2.79. The lowest BCUT2D eigenvalue weighted by Gasteiger charge is -2.29. The number of methoxy groups -OCH3 is 1. The monoisotopic (exact) mass is 438 g/mol. The molecule has 0 spiro atoms. The van der Waals surface area contributed by atoms with Crippen LogP contribution in [0.5, 0.6) is 5.75 Å². The largest absolute Gasteiger partial charge is 0.497 e. The van der Waals surface area contributed by atoms with Crippen molar-refractivity contribution in [1.82, 2.24) is 10.2 Å². The number of carbonyl (C=O) groups is 2. The Hall–Kier alpha value is -2.82. The molecule has 2 aromatic rings. The van der Waals surface area contributed by atoms with Crippen molar-refractivity contribution in [1.29, 1.82) is 0 Å². The Morgan fingerprint density at radius 3 is 2.12 bits per heavy atom. The summed E-state index contributed by atoms with van der Waals surface area (Å²) in [5.74, 6) is 0.613. The van der Waals surface area contributed by atoms with Crippen LogP contribution >= 0.6 is 0 Å². The van der Waals surface area contributed by atoms with E-state index in [2.05, 4.69) is 50.4 Å². The maximum Gasteiger partial charge on any atom is 0.242 e. The van der Waals surface area contributed by atoms with Crippen LogP contribution in [-0.4, -0.2) is 36.4 Å². The molecular weight excluding hydrogens is 400 g/mol. The molecule has 0 unspecified atom stereocenters. The van der Waals surface area contributed by atoms with Crippen molar-refractivity contribution in [3.63, 3.8) is 0 Å². The van der Waals surface area contributed by atoms with E-state index in [9.17, 15) is 9.59 Å². The summed E-state index contributed by atoms with van der Waals surface area (Å²) in [4.78, 5) is 27.5. The zero-order valence-electron chi connectivity index (χ0n) is 20.4. The van der Waals surface area contributed by atoms with Gasteiger partial charge in [-0.3, -0.25) is 9.59 Å². The lowest BCUT2D eigenvalue weighted by atomic mass is 9.86. The molecule has 0 aliphatic heterocycles. The van der Waals surface area contributed by atoms with E-state index in [4.69, 9.17) is 4.74 Å². The van der Waals surface area contributed by atoms with Gasteiger partial charge in [0.1, 0.15) is 11.8 Å². The number of aryl methyl sites for hydroxylation is 1. The van der Waals surface area contributed by atoms with Crippen molar-refractivity contribution < 1.29 is 14.3 Å². The molecule has 32 heavy (non-hydrogen) atoms. The summed E-state index contributed by atoms with van der Waals surface area (Å²) in [7, 11) is 1.62. The fourth-order valence-electron chi connectivity index (χ4n) is 3.47. The van der Waals surface area contributed by atoms with Gasteiger partial charge in [-0.2, -0.15) is 0 Å². The smallest absolute Gasteiger partial charge is 0.242 e. The second-order valence-corrected chi connectivity index (χ2v) is 9.28. The summed E-state index contributed by atoms with van der Waals surface area (Å²) in [6.07, 6.45) is 1.86. The molecule has 174 valence electrons. The fraction of sp³-hybridized carbons (Fsp3) is 0.481. The van der Waals surface area contributed by atoms with Gasteiger partial charge in [0.05, 0.1) is 7.11 Å². The van der Waals surface area contributed by atoms with Gasteiger partial charge in [-0.1, -0.05) is 64.1 Å². The fourth-order valence-corrected chi connectivity index (χ4v) is 3.47. The predicted octanol–water partition coefficient (Wildman–Crippen LogP) is 4.87. The van der Waals surface area contributed by atoms with Gasteiger partial charge in [0, 0.05) is 19.5 Å². The molecule has 0 bridgehead atoms. The van der Waals surface area contributed by atoms with E-state index in [-0.39, 0.29) is 17.2 Å². The molecule has 0 aliphatic carbocycles. The third kappa shape index (κ3) is 7.40. The van der Waals surface area contributed by atoms with Gasteiger partial charge in [0.15, 0.2) is 0 Å². The molecule has 2 rings (SSSR count). The van der Waals surface area contributed by atoms with E-state index < -0.39 is 6.04 Å². The molecular formula is C27H38N2O3. The second kappa shape index (κ2) is 11.7. The number of ether oxygens (including phenoxy) is 1. The lowest BCUT2D eigenvalue weighted by molar-refractivity contribution is -0.140. The molecule has 5 nitrogen and oxygen atoms in total. The Morgan fingerprint density at radius 1 is 1.00 bits per heavy atom. The highest BCUT2D eigenvalue weighted by Crippen LogP contribution is 2.23. The lowest BCUT2D eigenvalue weighted by Crippen LogP contribution is -2.47. The Labute approximate surface area is 193 Å². The van der Waals surface area contributed by atoms with Crippen LogP contribution in [0.4, 0.5) is 0 Å². The van der Waals surface area contributed by atoms with E-state index in [1.54, 1.807) is 18.9 Å². The van der Waals surface area contributed by atoms with Crippen LogP contribution < -0.4 is 10.1 Å². The number of nitrogens with one attached hydrogen (secondary N) is 1. The number of rotatable bonds is 10. The normalized spacial score (nSPS) is 12.2. The second-order valence-electron chi connectivity index (χ2n) is 9.28. The molecule has 2 aromatic carbocycles. The zero-order chi connectivity index (χ0) is 23.7. The molecule has 0 saturated carbocycles. The Bertz CT molecular complexity index is 867. The van der Waals surface area contributed by atoms with Gasteiger partial charge in [-0.15, -0.1) is 0 Å². The number of nitrogens with zero attached hydrogens (tertiary/aromatic N) is 1. The molecule has 0 aromatic heterocycles. The Morgan fingerprint density at radius 2 is 1.59 bits per heavy atom. The maximum atomic E-state index is 13.2. The summed E-state index contributed by atoms with van der Waals surface area (Å²) in [5, 5.41) is 2.91. The van der Waals surface area contributed by atoms with Crippen molar-refractivity contribution in [3.05, 3.63) is 65.2 Å². The van der Waals surface area contributed by atoms with Crippen LogP contribution in [0.15, 0.2) is 48.5 Å².